The molecule has 0 atom stereocenters. The van der Waals surface area contributed by atoms with Crippen LogP contribution < -0.4 is 5.32 Å². The van der Waals surface area contributed by atoms with Gasteiger partial charge < -0.3 is 10.4 Å². The van der Waals surface area contributed by atoms with E-state index >= 15 is 0 Å². The Morgan fingerprint density at radius 3 is 2.82 bits per heavy atom. The van der Waals surface area contributed by atoms with Crippen molar-refractivity contribution in [3.63, 3.8) is 0 Å². The normalized spacial score (nSPS) is 9.88. The maximum absolute atomic E-state index is 11.8. The molecule has 0 aliphatic heterocycles. The van der Waals surface area contributed by atoms with Gasteiger partial charge in [-0.25, -0.2) is 9.78 Å². The Kier molecular flexibility index (Phi) is 3.15. The summed E-state index contributed by atoms with van der Waals surface area (Å²) >= 11 is 1.39. The van der Waals surface area contributed by atoms with Gasteiger partial charge in [-0.15, -0.1) is 11.3 Å². The molecule has 0 unspecified atom stereocenters. The summed E-state index contributed by atoms with van der Waals surface area (Å²) in [6.45, 7) is 0. The number of thiophene rings is 1. The van der Waals surface area contributed by atoms with E-state index in [1.54, 1.807) is 6.07 Å². The molecule has 2 aromatic rings. The quantitative estimate of drug-likeness (QED) is 0.871. The first kappa shape index (κ1) is 11.3. The van der Waals surface area contributed by atoms with Crippen molar-refractivity contribution < 1.29 is 14.7 Å². The Hall–Kier alpha value is -2.21. The number of aromatic carboxylic acids is 1. The molecule has 2 heterocycles. The van der Waals surface area contributed by atoms with E-state index in [-0.39, 0.29) is 17.2 Å². The summed E-state index contributed by atoms with van der Waals surface area (Å²) in [6.07, 6.45) is 1.30. The Labute approximate surface area is 101 Å². The summed E-state index contributed by atoms with van der Waals surface area (Å²) in [5.41, 5.74) is 0.120. The van der Waals surface area contributed by atoms with Crippen molar-refractivity contribution in [3.05, 3.63) is 47.1 Å². The summed E-state index contributed by atoms with van der Waals surface area (Å²) in [7, 11) is 0. The minimum Gasteiger partial charge on any atom is -0.477 e. The monoisotopic (exact) mass is 248 g/mol. The van der Waals surface area contributed by atoms with Crippen LogP contribution in [-0.4, -0.2) is 22.0 Å². The number of anilines is 1. The standard InChI is InChI=1S/C11H8N2O3S/c14-10(13-9-2-1-5-17-9)7-3-4-12-8(6-7)11(15)16/h1-6H,(H,13,14)(H,15,16). The molecule has 2 N–H and O–H groups in total. The topological polar surface area (TPSA) is 79.3 Å². The van der Waals surface area contributed by atoms with Crippen molar-refractivity contribution in [1.29, 1.82) is 0 Å². The van der Waals surface area contributed by atoms with Crippen molar-refractivity contribution in [2.45, 2.75) is 0 Å². The summed E-state index contributed by atoms with van der Waals surface area (Å²) in [5, 5.41) is 14.0. The molecule has 0 aliphatic carbocycles. The summed E-state index contributed by atoms with van der Waals surface area (Å²) in [5.74, 6) is -1.51. The molecule has 0 spiro atoms. The van der Waals surface area contributed by atoms with Gasteiger partial charge in [-0.1, -0.05) is 0 Å². The molecule has 0 bridgehead atoms. The molecule has 0 saturated heterocycles. The van der Waals surface area contributed by atoms with Gasteiger partial charge in [-0.3, -0.25) is 4.79 Å². The number of pyridine rings is 1. The highest BCUT2D eigenvalue weighted by molar-refractivity contribution is 7.14. The lowest BCUT2D eigenvalue weighted by molar-refractivity contribution is 0.0690. The van der Waals surface area contributed by atoms with Crippen LogP contribution in [0.15, 0.2) is 35.8 Å². The minimum atomic E-state index is -1.16. The van der Waals surface area contributed by atoms with Crippen LogP contribution in [-0.2, 0) is 0 Å². The Balaban J connectivity index is 2.19. The van der Waals surface area contributed by atoms with E-state index in [2.05, 4.69) is 10.3 Å². The van der Waals surface area contributed by atoms with Gasteiger partial charge in [0, 0.05) is 11.8 Å². The van der Waals surface area contributed by atoms with Crippen molar-refractivity contribution in [1.82, 2.24) is 4.98 Å². The third-order valence-corrected chi connectivity index (χ3v) is 2.78. The molecule has 17 heavy (non-hydrogen) atoms. The number of carbonyl (C=O) groups is 2. The molecule has 2 rings (SSSR count). The second-order valence-corrected chi connectivity index (χ2v) is 4.11. The molecule has 0 aromatic carbocycles. The van der Waals surface area contributed by atoms with Crippen LogP contribution in [0.2, 0.25) is 0 Å². The minimum absolute atomic E-state index is 0.149. The largest absolute Gasteiger partial charge is 0.477 e. The number of carboxylic acids is 1. The molecule has 6 heteroatoms. The number of hydrogen-bond acceptors (Lipinski definition) is 4. The summed E-state index contributed by atoms with van der Waals surface area (Å²) in [4.78, 5) is 26.1. The van der Waals surface area contributed by atoms with Gasteiger partial charge in [0.05, 0.1) is 5.00 Å². The van der Waals surface area contributed by atoms with Gasteiger partial charge >= 0.3 is 5.97 Å². The maximum atomic E-state index is 11.8. The molecule has 5 nitrogen and oxygen atoms in total. The number of amides is 1. The first-order valence-electron chi connectivity index (χ1n) is 4.71. The molecule has 0 saturated carbocycles. The van der Waals surface area contributed by atoms with Gasteiger partial charge in [-0.05, 0) is 29.6 Å². The van der Waals surface area contributed by atoms with Gasteiger partial charge in [0.2, 0.25) is 0 Å². The zero-order chi connectivity index (χ0) is 12.3. The number of nitrogens with zero attached hydrogens (tertiary/aromatic N) is 1. The highest BCUT2D eigenvalue weighted by atomic mass is 32.1. The van der Waals surface area contributed by atoms with Crippen molar-refractivity contribution in [2.75, 3.05) is 5.32 Å². The van der Waals surface area contributed by atoms with Crippen LogP contribution in [0.4, 0.5) is 5.00 Å². The number of carboxylic acid groups (broad SMARTS) is 1. The SMILES string of the molecule is O=C(Nc1cccs1)c1ccnc(C(=O)O)c1. The predicted molar refractivity (Wildman–Crippen MR) is 63.5 cm³/mol. The van der Waals surface area contributed by atoms with E-state index < -0.39 is 5.97 Å². The third kappa shape index (κ3) is 2.67. The fraction of sp³-hybridized carbons (Fsp3) is 0. The number of hydrogen-bond donors (Lipinski definition) is 2. The van der Waals surface area contributed by atoms with E-state index in [1.807, 2.05) is 11.4 Å². The van der Waals surface area contributed by atoms with Crippen molar-refractivity contribution in [2.24, 2.45) is 0 Å². The predicted octanol–water partition coefficient (Wildman–Crippen LogP) is 2.09. The van der Waals surface area contributed by atoms with Crippen molar-refractivity contribution >= 4 is 28.2 Å². The van der Waals surface area contributed by atoms with Gasteiger partial charge in [-0.2, -0.15) is 0 Å². The van der Waals surface area contributed by atoms with E-state index in [4.69, 9.17) is 5.11 Å². The average Bonchev–Trinajstić information content (AvgIpc) is 2.82. The Bertz CT molecular complexity index is 552. The van der Waals surface area contributed by atoms with Crippen molar-refractivity contribution in [3.8, 4) is 0 Å². The first-order chi connectivity index (χ1) is 8.16. The number of aromatic nitrogens is 1. The molecule has 1 amide bonds. The zero-order valence-corrected chi connectivity index (χ0v) is 9.40. The molecular weight excluding hydrogens is 240 g/mol. The second-order valence-electron chi connectivity index (χ2n) is 3.17. The Morgan fingerprint density at radius 2 is 2.18 bits per heavy atom. The molecule has 86 valence electrons. The molecular formula is C11H8N2O3S. The van der Waals surface area contributed by atoms with Gasteiger partial charge in [0.15, 0.2) is 0 Å². The van der Waals surface area contributed by atoms with E-state index in [1.165, 1.54) is 29.7 Å². The van der Waals surface area contributed by atoms with E-state index in [0.29, 0.717) is 5.00 Å². The van der Waals surface area contributed by atoms with Crippen LogP contribution in [0.1, 0.15) is 20.8 Å². The highest BCUT2D eigenvalue weighted by Crippen LogP contribution is 2.16. The highest BCUT2D eigenvalue weighted by Gasteiger charge is 2.10. The van der Waals surface area contributed by atoms with Crippen LogP contribution >= 0.6 is 11.3 Å². The van der Waals surface area contributed by atoms with E-state index in [0.717, 1.165) is 0 Å². The smallest absolute Gasteiger partial charge is 0.354 e. The lowest BCUT2D eigenvalue weighted by atomic mass is 10.2. The van der Waals surface area contributed by atoms with E-state index in [9.17, 15) is 9.59 Å². The molecule has 0 radical (unpaired) electrons. The van der Waals surface area contributed by atoms with Gasteiger partial charge in [0.1, 0.15) is 5.69 Å². The average molecular weight is 248 g/mol. The fourth-order valence-corrected chi connectivity index (χ4v) is 1.83. The van der Waals surface area contributed by atoms with Crippen LogP contribution in [0, 0.1) is 0 Å². The molecule has 2 aromatic heterocycles. The van der Waals surface area contributed by atoms with Crippen LogP contribution in [0.3, 0.4) is 0 Å². The summed E-state index contributed by atoms with van der Waals surface area (Å²) < 4.78 is 0. The molecule has 0 aliphatic rings. The fourth-order valence-electron chi connectivity index (χ4n) is 1.22. The maximum Gasteiger partial charge on any atom is 0.354 e. The molecule has 0 fully saturated rings. The lowest BCUT2D eigenvalue weighted by Gasteiger charge is -2.02. The third-order valence-electron chi connectivity index (χ3n) is 2.00. The Morgan fingerprint density at radius 1 is 1.35 bits per heavy atom. The number of carbonyl (C=O) groups excluding carboxylic acids is 1. The number of rotatable bonds is 3. The first-order valence-corrected chi connectivity index (χ1v) is 5.59. The van der Waals surface area contributed by atoms with Crippen LogP contribution in [0.5, 0.6) is 0 Å². The van der Waals surface area contributed by atoms with Gasteiger partial charge in [0.25, 0.3) is 5.91 Å². The lowest BCUT2D eigenvalue weighted by Crippen LogP contribution is -2.12. The second kappa shape index (κ2) is 4.75. The summed E-state index contributed by atoms with van der Waals surface area (Å²) in [6, 6.07) is 6.29. The zero-order valence-electron chi connectivity index (χ0n) is 8.58. The van der Waals surface area contributed by atoms with Crippen LogP contribution in [0.25, 0.3) is 0 Å². The number of nitrogens with one attached hydrogen (secondary N) is 1.